The van der Waals surface area contributed by atoms with Crippen LogP contribution in [-0.2, 0) is 11.2 Å². The van der Waals surface area contributed by atoms with Gasteiger partial charge in [-0.15, -0.1) is 5.10 Å². The largest absolute Gasteiger partial charge is 0.346 e. The molecular formula is C14H23N5O2. The molecule has 1 aromatic heterocycles. The molecule has 1 aromatic rings. The van der Waals surface area contributed by atoms with Crippen LogP contribution in [0.1, 0.15) is 50.1 Å². The van der Waals surface area contributed by atoms with E-state index in [2.05, 4.69) is 20.5 Å². The third-order valence-corrected chi connectivity index (χ3v) is 3.71. The molecule has 0 unspecified atom stereocenters. The predicted molar refractivity (Wildman–Crippen MR) is 77.7 cm³/mol. The first-order valence-corrected chi connectivity index (χ1v) is 7.52. The second-order valence-corrected chi connectivity index (χ2v) is 5.69. The molecule has 0 aliphatic carbocycles. The molecule has 7 heteroatoms. The zero-order chi connectivity index (χ0) is 15.4. The first-order valence-electron chi connectivity index (χ1n) is 7.52. The van der Waals surface area contributed by atoms with Gasteiger partial charge >= 0.3 is 0 Å². The Kier molecular flexibility index (Phi) is 4.93. The lowest BCUT2D eigenvalue weighted by molar-refractivity contribution is -0.135. The van der Waals surface area contributed by atoms with E-state index in [9.17, 15) is 9.59 Å². The van der Waals surface area contributed by atoms with Crippen molar-refractivity contribution in [1.29, 1.82) is 0 Å². The van der Waals surface area contributed by atoms with E-state index in [-0.39, 0.29) is 29.6 Å². The van der Waals surface area contributed by atoms with Crippen molar-refractivity contribution in [2.75, 3.05) is 13.1 Å². The fourth-order valence-corrected chi connectivity index (χ4v) is 2.41. The standard InChI is InChI=1S/C14H23N5O2/c1-4-11-16-12(18-17-11)13(20)15-10-5-7-19(8-6-10)14(21)9(2)3/h9-10H,4-8H2,1-3H3,(H,15,20)(H,16,17,18). The summed E-state index contributed by atoms with van der Waals surface area (Å²) in [4.78, 5) is 29.9. The number of hydrogen-bond donors (Lipinski definition) is 2. The topological polar surface area (TPSA) is 91.0 Å². The van der Waals surface area contributed by atoms with Gasteiger partial charge in [0.2, 0.25) is 11.7 Å². The molecule has 7 nitrogen and oxygen atoms in total. The van der Waals surface area contributed by atoms with Crippen LogP contribution in [0.3, 0.4) is 0 Å². The van der Waals surface area contributed by atoms with E-state index in [4.69, 9.17) is 0 Å². The Morgan fingerprint density at radius 3 is 2.57 bits per heavy atom. The Hall–Kier alpha value is -1.92. The van der Waals surface area contributed by atoms with Gasteiger partial charge in [0.25, 0.3) is 5.91 Å². The average molecular weight is 293 g/mol. The van der Waals surface area contributed by atoms with Crippen molar-refractivity contribution < 1.29 is 9.59 Å². The van der Waals surface area contributed by atoms with E-state index >= 15 is 0 Å². The van der Waals surface area contributed by atoms with E-state index in [0.717, 1.165) is 19.3 Å². The zero-order valence-corrected chi connectivity index (χ0v) is 12.8. The molecule has 2 heterocycles. The summed E-state index contributed by atoms with van der Waals surface area (Å²) in [6.07, 6.45) is 2.26. The summed E-state index contributed by atoms with van der Waals surface area (Å²) in [6, 6.07) is 0.0808. The maximum Gasteiger partial charge on any atom is 0.291 e. The van der Waals surface area contributed by atoms with Gasteiger partial charge in [-0.25, -0.2) is 4.98 Å². The van der Waals surface area contributed by atoms with Crippen LogP contribution in [0.15, 0.2) is 0 Å². The minimum atomic E-state index is -0.250. The second-order valence-electron chi connectivity index (χ2n) is 5.69. The van der Waals surface area contributed by atoms with Crippen LogP contribution in [0.5, 0.6) is 0 Å². The number of hydrogen-bond acceptors (Lipinski definition) is 4. The number of aromatic amines is 1. The first-order chi connectivity index (χ1) is 10.0. The summed E-state index contributed by atoms with van der Waals surface area (Å²) in [7, 11) is 0. The molecule has 2 N–H and O–H groups in total. The predicted octanol–water partition coefficient (Wildman–Crippen LogP) is 0.744. The SMILES string of the molecule is CCc1nc(C(=O)NC2CCN(C(=O)C(C)C)CC2)n[nH]1. The molecule has 0 saturated carbocycles. The Labute approximate surface area is 124 Å². The monoisotopic (exact) mass is 293 g/mol. The number of carbonyl (C=O) groups excluding carboxylic acids is 2. The number of likely N-dealkylation sites (tertiary alicyclic amines) is 1. The minimum absolute atomic E-state index is 0.0249. The summed E-state index contributed by atoms with van der Waals surface area (Å²) in [5, 5.41) is 9.58. The molecule has 0 atom stereocenters. The van der Waals surface area contributed by atoms with Crippen LogP contribution < -0.4 is 5.32 Å². The van der Waals surface area contributed by atoms with Crippen molar-refractivity contribution in [3.05, 3.63) is 11.6 Å². The molecule has 116 valence electrons. The number of H-pyrrole nitrogens is 1. The zero-order valence-electron chi connectivity index (χ0n) is 12.8. The molecule has 0 radical (unpaired) electrons. The maximum absolute atomic E-state index is 12.0. The molecule has 2 rings (SSSR count). The van der Waals surface area contributed by atoms with Crippen LogP contribution in [0.2, 0.25) is 0 Å². The van der Waals surface area contributed by atoms with Crippen molar-refractivity contribution in [2.45, 2.75) is 46.1 Å². The van der Waals surface area contributed by atoms with Crippen molar-refractivity contribution in [2.24, 2.45) is 5.92 Å². The lowest BCUT2D eigenvalue weighted by Gasteiger charge is -2.33. The number of piperidine rings is 1. The molecule has 0 bridgehead atoms. The van der Waals surface area contributed by atoms with Crippen molar-refractivity contribution >= 4 is 11.8 Å². The van der Waals surface area contributed by atoms with Crippen LogP contribution in [-0.4, -0.2) is 51.0 Å². The van der Waals surface area contributed by atoms with Gasteiger partial charge in [-0.1, -0.05) is 20.8 Å². The molecule has 0 spiro atoms. The van der Waals surface area contributed by atoms with Crippen LogP contribution >= 0.6 is 0 Å². The number of nitrogens with one attached hydrogen (secondary N) is 2. The molecule has 1 aliphatic rings. The Morgan fingerprint density at radius 1 is 1.38 bits per heavy atom. The quantitative estimate of drug-likeness (QED) is 0.856. The molecular weight excluding hydrogens is 270 g/mol. The average Bonchev–Trinajstić information content (AvgIpc) is 2.96. The van der Waals surface area contributed by atoms with Crippen molar-refractivity contribution in [3.8, 4) is 0 Å². The van der Waals surface area contributed by atoms with Gasteiger partial charge in [-0.2, -0.15) is 0 Å². The van der Waals surface area contributed by atoms with E-state index in [1.165, 1.54) is 0 Å². The van der Waals surface area contributed by atoms with Gasteiger partial charge in [-0.3, -0.25) is 14.7 Å². The van der Waals surface area contributed by atoms with E-state index in [1.54, 1.807) is 0 Å². The van der Waals surface area contributed by atoms with Gasteiger partial charge in [-0.05, 0) is 12.8 Å². The molecule has 1 fully saturated rings. The maximum atomic E-state index is 12.0. The lowest BCUT2D eigenvalue weighted by Crippen LogP contribution is -2.47. The summed E-state index contributed by atoms with van der Waals surface area (Å²) in [6.45, 7) is 7.14. The highest BCUT2D eigenvalue weighted by Gasteiger charge is 2.26. The Bertz CT molecular complexity index is 503. The number of aromatic nitrogens is 3. The third-order valence-electron chi connectivity index (χ3n) is 3.71. The number of amides is 2. The second kappa shape index (κ2) is 6.69. The number of aryl methyl sites for hydroxylation is 1. The molecule has 1 aliphatic heterocycles. The smallest absolute Gasteiger partial charge is 0.291 e. The fourth-order valence-electron chi connectivity index (χ4n) is 2.41. The highest BCUT2D eigenvalue weighted by molar-refractivity contribution is 5.90. The number of carbonyl (C=O) groups is 2. The number of nitrogens with zero attached hydrogens (tertiary/aromatic N) is 3. The van der Waals surface area contributed by atoms with Gasteiger partial charge in [0, 0.05) is 31.5 Å². The van der Waals surface area contributed by atoms with Crippen LogP contribution in [0, 0.1) is 5.92 Å². The lowest BCUT2D eigenvalue weighted by atomic mass is 10.0. The van der Waals surface area contributed by atoms with Gasteiger partial charge in [0.05, 0.1) is 0 Å². The summed E-state index contributed by atoms with van der Waals surface area (Å²) >= 11 is 0. The Morgan fingerprint density at radius 2 is 2.05 bits per heavy atom. The normalized spacial score (nSPS) is 16.3. The van der Waals surface area contributed by atoms with E-state index in [1.807, 2.05) is 25.7 Å². The molecule has 21 heavy (non-hydrogen) atoms. The van der Waals surface area contributed by atoms with Crippen LogP contribution in [0.25, 0.3) is 0 Å². The van der Waals surface area contributed by atoms with Gasteiger partial charge < -0.3 is 10.2 Å². The highest BCUT2D eigenvalue weighted by atomic mass is 16.2. The molecule has 1 saturated heterocycles. The third kappa shape index (κ3) is 3.80. The fraction of sp³-hybridized carbons (Fsp3) is 0.714. The minimum Gasteiger partial charge on any atom is -0.346 e. The van der Waals surface area contributed by atoms with E-state index < -0.39 is 0 Å². The first kappa shape index (κ1) is 15.5. The summed E-state index contributed by atoms with van der Waals surface area (Å²) in [5.74, 6) is 0.850. The van der Waals surface area contributed by atoms with Crippen molar-refractivity contribution in [1.82, 2.24) is 25.4 Å². The summed E-state index contributed by atoms with van der Waals surface area (Å²) < 4.78 is 0. The number of rotatable bonds is 4. The van der Waals surface area contributed by atoms with Crippen LogP contribution in [0.4, 0.5) is 0 Å². The summed E-state index contributed by atoms with van der Waals surface area (Å²) in [5.41, 5.74) is 0. The van der Waals surface area contributed by atoms with Gasteiger partial charge in [0.15, 0.2) is 0 Å². The molecule has 0 aromatic carbocycles. The Balaban J connectivity index is 1.83. The van der Waals surface area contributed by atoms with E-state index in [0.29, 0.717) is 18.9 Å². The van der Waals surface area contributed by atoms with Crippen molar-refractivity contribution in [3.63, 3.8) is 0 Å². The van der Waals surface area contributed by atoms with Gasteiger partial charge in [0.1, 0.15) is 5.82 Å². The highest BCUT2D eigenvalue weighted by Crippen LogP contribution is 2.13. The molecule has 2 amide bonds.